The average Bonchev–Trinajstić information content (AvgIpc) is 3.91. The topological polar surface area (TPSA) is 56.7 Å². The SMILES string of the molecule is CC1(C)c2ccccc2-c2ccc(-c3nc(-c4ccccc4)nc(-c4ccc5c(c4)c4ccccc4n5-c4ccc5oc6cc(-c7ccccc7)ccc6c5c4)n3)cc21. The number of hydrogen-bond acceptors (Lipinski definition) is 4. The van der Waals surface area contributed by atoms with Gasteiger partial charge in [-0.25, -0.2) is 15.0 Å². The highest BCUT2D eigenvalue weighted by molar-refractivity contribution is 6.11. The molecule has 0 bridgehead atoms. The third-order valence-corrected chi connectivity index (χ3v) is 12.3. The van der Waals surface area contributed by atoms with Crippen molar-refractivity contribution in [2.24, 2.45) is 0 Å². The van der Waals surface area contributed by atoms with Crippen LogP contribution in [0.3, 0.4) is 0 Å². The Kier molecular flexibility index (Phi) is 7.20. The molecular formula is C54H36N4O. The zero-order chi connectivity index (χ0) is 39.2. The predicted octanol–water partition coefficient (Wildman–Crippen LogP) is 13.8. The number of para-hydroxylation sites is 1. The van der Waals surface area contributed by atoms with Gasteiger partial charge in [0.05, 0.1) is 11.0 Å². The molecule has 278 valence electrons. The van der Waals surface area contributed by atoms with E-state index in [1.165, 1.54) is 27.8 Å². The molecule has 0 aliphatic heterocycles. The standard InChI is InChI=1S/C54H36N4O/c1-54(2)45-19-11-9-17-39(45)40-25-22-37(30-46(40)54)53-56-51(34-15-7-4-8-16-34)55-52(57-53)36-23-27-48-43(29-36)41-18-10-12-20-47(41)58(48)38-24-28-49-44(32-38)42-26-21-35(31-50(42)59-49)33-13-5-3-6-14-33/h3-32H,1-2H3. The summed E-state index contributed by atoms with van der Waals surface area (Å²) in [6.45, 7) is 4.61. The second kappa shape index (κ2) is 12.7. The van der Waals surface area contributed by atoms with Crippen LogP contribution in [-0.2, 0) is 5.41 Å². The summed E-state index contributed by atoms with van der Waals surface area (Å²) in [5, 5.41) is 4.47. The molecule has 0 amide bonds. The van der Waals surface area contributed by atoms with Crippen LogP contribution in [0.1, 0.15) is 25.0 Å². The first kappa shape index (κ1) is 33.5. The van der Waals surface area contributed by atoms with E-state index in [0.29, 0.717) is 17.5 Å². The maximum Gasteiger partial charge on any atom is 0.164 e. The highest BCUT2D eigenvalue weighted by Gasteiger charge is 2.35. The fourth-order valence-electron chi connectivity index (χ4n) is 9.30. The summed E-state index contributed by atoms with van der Waals surface area (Å²) in [7, 11) is 0. The zero-order valence-corrected chi connectivity index (χ0v) is 32.5. The average molecular weight is 757 g/mol. The minimum absolute atomic E-state index is 0.138. The van der Waals surface area contributed by atoms with Crippen molar-refractivity contribution < 1.29 is 4.42 Å². The maximum atomic E-state index is 6.43. The van der Waals surface area contributed by atoms with Gasteiger partial charge in [-0.15, -0.1) is 0 Å². The van der Waals surface area contributed by atoms with Gasteiger partial charge in [-0.05, 0) is 94.0 Å². The smallest absolute Gasteiger partial charge is 0.164 e. The second-order valence-electron chi connectivity index (χ2n) is 16.0. The molecule has 59 heavy (non-hydrogen) atoms. The minimum Gasteiger partial charge on any atom is -0.456 e. The van der Waals surface area contributed by atoms with E-state index in [0.717, 1.165) is 71.7 Å². The van der Waals surface area contributed by atoms with Gasteiger partial charge in [-0.2, -0.15) is 0 Å². The number of nitrogens with zero attached hydrogens (tertiary/aromatic N) is 4. The molecule has 0 atom stereocenters. The number of hydrogen-bond donors (Lipinski definition) is 0. The molecule has 1 aliphatic rings. The van der Waals surface area contributed by atoms with Gasteiger partial charge in [0.2, 0.25) is 0 Å². The van der Waals surface area contributed by atoms with Gasteiger partial charge in [0, 0.05) is 49.3 Å². The van der Waals surface area contributed by atoms with Crippen LogP contribution in [0.25, 0.3) is 106 Å². The molecule has 0 saturated carbocycles. The van der Waals surface area contributed by atoms with Crippen LogP contribution in [0.2, 0.25) is 0 Å². The number of furan rings is 1. The predicted molar refractivity (Wildman–Crippen MR) is 241 cm³/mol. The summed E-state index contributed by atoms with van der Waals surface area (Å²) in [5.41, 5.74) is 15.3. The second-order valence-corrected chi connectivity index (χ2v) is 16.0. The molecule has 0 spiro atoms. The first-order chi connectivity index (χ1) is 29.0. The van der Waals surface area contributed by atoms with Crippen LogP contribution < -0.4 is 0 Å². The molecular weight excluding hydrogens is 721 g/mol. The third-order valence-electron chi connectivity index (χ3n) is 12.3. The number of aromatic nitrogens is 4. The largest absolute Gasteiger partial charge is 0.456 e. The highest BCUT2D eigenvalue weighted by Crippen LogP contribution is 2.49. The Balaban J connectivity index is 0.999. The molecule has 3 heterocycles. The van der Waals surface area contributed by atoms with Crippen LogP contribution in [-0.4, -0.2) is 19.5 Å². The van der Waals surface area contributed by atoms with Gasteiger partial charge in [0.25, 0.3) is 0 Å². The molecule has 0 radical (unpaired) electrons. The van der Waals surface area contributed by atoms with Crippen molar-refractivity contribution in [1.29, 1.82) is 0 Å². The lowest BCUT2D eigenvalue weighted by molar-refractivity contribution is 0.660. The summed E-state index contributed by atoms with van der Waals surface area (Å²) in [4.78, 5) is 15.5. The third kappa shape index (κ3) is 5.21. The van der Waals surface area contributed by atoms with Crippen molar-refractivity contribution in [3.8, 4) is 62.1 Å². The summed E-state index contributed by atoms with van der Waals surface area (Å²) in [5.74, 6) is 1.94. The van der Waals surface area contributed by atoms with E-state index in [9.17, 15) is 0 Å². The Bertz CT molecular complexity index is 3470. The summed E-state index contributed by atoms with van der Waals surface area (Å²) in [6, 6.07) is 64.2. The van der Waals surface area contributed by atoms with E-state index in [-0.39, 0.29) is 5.41 Å². The molecule has 8 aromatic carbocycles. The molecule has 0 N–H and O–H groups in total. The molecule has 1 aliphatic carbocycles. The zero-order valence-electron chi connectivity index (χ0n) is 32.5. The van der Waals surface area contributed by atoms with Crippen LogP contribution in [0.4, 0.5) is 0 Å². The summed E-state index contributed by atoms with van der Waals surface area (Å²) >= 11 is 0. The molecule has 0 fully saturated rings. The molecule has 11 aromatic rings. The first-order valence-electron chi connectivity index (χ1n) is 20.1. The minimum atomic E-state index is -0.138. The van der Waals surface area contributed by atoms with Gasteiger partial charge in [-0.3, -0.25) is 0 Å². The molecule has 5 heteroatoms. The van der Waals surface area contributed by atoms with Gasteiger partial charge >= 0.3 is 0 Å². The van der Waals surface area contributed by atoms with Crippen molar-refractivity contribution in [1.82, 2.24) is 19.5 Å². The van der Waals surface area contributed by atoms with Crippen LogP contribution >= 0.6 is 0 Å². The van der Waals surface area contributed by atoms with Crippen molar-refractivity contribution in [2.45, 2.75) is 19.3 Å². The van der Waals surface area contributed by atoms with Crippen molar-refractivity contribution in [3.63, 3.8) is 0 Å². The van der Waals surface area contributed by atoms with Gasteiger partial charge < -0.3 is 8.98 Å². The van der Waals surface area contributed by atoms with E-state index >= 15 is 0 Å². The fourth-order valence-corrected chi connectivity index (χ4v) is 9.30. The van der Waals surface area contributed by atoms with Gasteiger partial charge in [-0.1, -0.05) is 135 Å². The lowest BCUT2D eigenvalue weighted by Gasteiger charge is -2.21. The number of rotatable bonds is 5. The lowest BCUT2D eigenvalue weighted by atomic mass is 9.82. The van der Waals surface area contributed by atoms with Crippen LogP contribution in [0.15, 0.2) is 186 Å². The number of fused-ring (bicyclic) bond motifs is 9. The van der Waals surface area contributed by atoms with E-state index in [2.05, 4.69) is 176 Å². The lowest BCUT2D eigenvalue weighted by Crippen LogP contribution is -2.15. The van der Waals surface area contributed by atoms with Crippen LogP contribution in [0, 0.1) is 0 Å². The Morgan fingerprint density at radius 3 is 1.83 bits per heavy atom. The van der Waals surface area contributed by atoms with E-state index in [1.54, 1.807) is 0 Å². The fraction of sp³-hybridized carbons (Fsp3) is 0.0556. The van der Waals surface area contributed by atoms with Crippen molar-refractivity contribution in [3.05, 3.63) is 193 Å². The molecule has 0 unspecified atom stereocenters. The Morgan fingerprint density at radius 2 is 1.02 bits per heavy atom. The maximum absolute atomic E-state index is 6.43. The van der Waals surface area contributed by atoms with Crippen molar-refractivity contribution in [2.75, 3.05) is 0 Å². The molecule has 5 nitrogen and oxygen atoms in total. The van der Waals surface area contributed by atoms with E-state index < -0.39 is 0 Å². The Morgan fingerprint density at radius 1 is 0.390 bits per heavy atom. The summed E-state index contributed by atoms with van der Waals surface area (Å²) in [6.07, 6.45) is 0. The van der Waals surface area contributed by atoms with Crippen molar-refractivity contribution >= 4 is 43.7 Å². The molecule has 12 rings (SSSR count). The quantitative estimate of drug-likeness (QED) is 0.175. The monoisotopic (exact) mass is 756 g/mol. The van der Waals surface area contributed by atoms with E-state index in [1.807, 2.05) is 24.3 Å². The Hall–Kier alpha value is -7.63. The molecule has 3 aromatic heterocycles. The van der Waals surface area contributed by atoms with Crippen LogP contribution in [0.5, 0.6) is 0 Å². The number of benzene rings is 8. The first-order valence-corrected chi connectivity index (χ1v) is 20.1. The summed E-state index contributed by atoms with van der Waals surface area (Å²) < 4.78 is 8.78. The van der Waals surface area contributed by atoms with Gasteiger partial charge in [0.15, 0.2) is 17.5 Å². The Labute approximate surface area is 340 Å². The molecule has 0 saturated heterocycles. The normalized spacial score (nSPS) is 13.1. The highest BCUT2D eigenvalue weighted by atomic mass is 16.3. The van der Waals surface area contributed by atoms with Gasteiger partial charge in [0.1, 0.15) is 11.2 Å². The van der Waals surface area contributed by atoms with E-state index in [4.69, 9.17) is 19.4 Å².